The number of aromatic nitrogens is 4. The maximum absolute atomic E-state index is 15.4. The summed E-state index contributed by atoms with van der Waals surface area (Å²) >= 11 is 0. The lowest BCUT2D eigenvalue weighted by atomic mass is 9.88. The van der Waals surface area contributed by atoms with Crippen LogP contribution < -0.4 is 0 Å². The van der Waals surface area contributed by atoms with Gasteiger partial charge in [-0.2, -0.15) is 0 Å². The first-order valence-corrected chi connectivity index (χ1v) is 10.8. The molecule has 0 radical (unpaired) electrons. The summed E-state index contributed by atoms with van der Waals surface area (Å²) in [4.78, 5) is 21.3. The Morgan fingerprint density at radius 1 is 1.10 bits per heavy atom. The standard InChI is InChI=1S/C24H27FN6/c1-4-30-8-10-31(11-9-30)24(2,3)22-18(25)14-28-23-21(22)17-12-19(27-15-20(17)29-23)16-6-5-7-26-13-16/h5-7,12-15H,4,8-11H2,1-3H3,(H,28,29). The van der Waals surface area contributed by atoms with Gasteiger partial charge in [-0.1, -0.05) is 6.92 Å². The van der Waals surface area contributed by atoms with Crippen LogP contribution in [0.1, 0.15) is 26.3 Å². The molecule has 0 amide bonds. The molecule has 5 heterocycles. The predicted octanol–water partition coefficient (Wildman–Crippen LogP) is 4.18. The van der Waals surface area contributed by atoms with Crippen LogP contribution in [-0.4, -0.2) is 62.5 Å². The van der Waals surface area contributed by atoms with Crippen molar-refractivity contribution in [1.29, 1.82) is 0 Å². The molecule has 1 aliphatic heterocycles. The van der Waals surface area contributed by atoms with Crippen LogP contribution in [0.3, 0.4) is 0 Å². The smallest absolute Gasteiger partial charge is 0.147 e. The number of halogens is 1. The van der Waals surface area contributed by atoms with Crippen molar-refractivity contribution in [1.82, 2.24) is 29.7 Å². The van der Waals surface area contributed by atoms with Gasteiger partial charge >= 0.3 is 0 Å². The summed E-state index contributed by atoms with van der Waals surface area (Å²) in [7, 11) is 0. The summed E-state index contributed by atoms with van der Waals surface area (Å²) in [6.07, 6.45) is 6.67. The number of likely N-dealkylation sites (N-methyl/N-ethyl adjacent to an activating group) is 1. The minimum absolute atomic E-state index is 0.268. The molecule has 0 bridgehead atoms. The summed E-state index contributed by atoms with van der Waals surface area (Å²) < 4.78 is 15.4. The number of rotatable bonds is 4. The molecule has 6 nitrogen and oxygen atoms in total. The minimum Gasteiger partial charge on any atom is -0.338 e. The second-order valence-electron chi connectivity index (χ2n) is 8.67. The maximum Gasteiger partial charge on any atom is 0.147 e. The Morgan fingerprint density at radius 2 is 1.90 bits per heavy atom. The van der Waals surface area contributed by atoms with E-state index < -0.39 is 5.54 Å². The molecule has 0 unspecified atom stereocenters. The van der Waals surface area contributed by atoms with Crippen LogP contribution in [0.25, 0.3) is 33.2 Å². The molecule has 1 fully saturated rings. The molecule has 4 aromatic heterocycles. The molecule has 0 aromatic carbocycles. The van der Waals surface area contributed by atoms with Crippen LogP contribution in [0.4, 0.5) is 4.39 Å². The van der Waals surface area contributed by atoms with Crippen LogP contribution in [0, 0.1) is 5.82 Å². The van der Waals surface area contributed by atoms with E-state index in [4.69, 9.17) is 0 Å². The first-order chi connectivity index (χ1) is 15.0. The maximum atomic E-state index is 15.4. The molecule has 31 heavy (non-hydrogen) atoms. The highest BCUT2D eigenvalue weighted by atomic mass is 19.1. The summed E-state index contributed by atoms with van der Waals surface area (Å²) in [5, 5.41) is 1.77. The number of pyridine rings is 3. The summed E-state index contributed by atoms with van der Waals surface area (Å²) in [5.41, 5.74) is 3.51. The third-order valence-corrected chi connectivity index (χ3v) is 6.64. The van der Waals surface area contributed by atoms with Crippen LogP contribution in [0.2, 0.25) is 0 Å². The normalized spacial score (nSPS) is 16.4. The second kappa shape index (κ2) is 7.66. The van der Waals surface area contributed by atoms with E-state index in [2.05, 4.69) is 50.5 Å². The number of nitrogens with zero attached hydrogens (tertiary/aromatic N) is 5. The number of fused-ring (bicyclic) bond motifs is 3. The largest absolute Gasteiger partial charge is 0.338 e. The number of nitrogens with one attached hydrogen (secondary N) is 1. The molecule has 4 aromatic rings. The molecule has 0 spiro atoms. The molecule has 0 atom stereocenters. The third-order valence-electron chi connectivity index (χ3n) is 6.64. The van der Waals surface area contributed by atoms with Crippen molar-refractivity contribution in [2.24, 2.45) is 0 Å². The Bertz CT molecular complexity index is 1230. The molecule has 160 valence electrons. The molecule has 1 saturated heterocycles. The van der Waals surface area contributed by atoms with E-state index in [-0.39, 0.29) is 5.82 Å². The Hall–Kier alpha value is -2.90. The monoisotopic (exact) mass is 418 g/mol. The van der Waals surface area contributed by atoms with E-state index in [9.17, 15) is 0 Å². The van der Waals surface area contributed by atoms with Crippen molar-refractivity contribution in [2.75, 3.05) is 32.7 Å². The van der Waals surface area contributed by atoms with Crippen LogP contribution in [-0.2, 0) is 5.54 Å². The molecule has 5 rings (SSSR count). The van der Waals surface area contributed by atoms with Gasteiger partial charge in [-0.05, 0) is 38.6 Å². The Balaban J connectivity index is 1.68. The van der Waals surface area contributed by atoms with Crippen LogP contribution in [0.15, 0.2) is 43.0 Å². The zero-order valence-electron chi connectivity index (χ0n) is 18.2. The molecular formula is C24H27FN6. The topological polar surface area (TPSA) is 60.9 Å². The van der Waals surface area contributed by atoms with E-state index in [1.807, 2.05) is 18.2 Å². The molecule has 1 aliphatic rings. The van der Waals surface area contributed by atoms with E-state index in [0.29, 0.717) is 11.2 Å². The number of aromatic amines is 1. The molecule has 0 aliphatic carbocycles. The van der Waals surface area contributed by atoms with E-state index in [1.165, 1.54) is 6.20 Å². The average molecular weight is 419 g/mol. The zero-order chi connectivity index (χ0) is 21.6. The third kappa shape index (κ3) is 3.38. The second-order valence-corrected chi connectivity index (χ2v) is 8.67. The average Bonchev–Trinajstić information content (AvgIpc) is 3.17. The van der Waals surface area contributed by atoms with E-state index in [1.54, 1.807) is 18.6 Å². The lowest BCUT2D eigenvalue weighted by Crippen LogP contribution is -2.53. The highest BCUT2D eigenvalue weighted by Crippen LogP contribution is 2.39. The predicted molar refractivity (Wildman–Crippen MR) is 121 cm³/mol. The Morgan fingerprint density at radius 3 is 2.61 bits per heavy atom. The summed E-state index contributed by atoms with van der Waals surface area (Å²) in [6, 6.07) is 5.88. The van der Waals surface area contributed by atoms with Crippen molar-refractivity contribution in [3.05, 3.63) is 54.4 Å². The molecule has 0 saturated carbocycles. The number of H-pyrrole nitrogens is 1. The molecule has 7 heteroatoms. The van der Waals surface area contributed by atoms with Crippen molar-refractivity contribution >= 4 is 21.9 Å². The van der Waals surface area contributed by atoms with Crippen molar-refractivity contribution < 1.29 is 4.39 Å². The van der Waals surface area contributed by atoms with Gasteiger partial charge in [0.1, 0.15) is 11.5 Å². The quantitative estimate of drug-likeness (QED) is 0.539. The lowest BCUT2D eigenvalue weighted by molar-refractivity contribution is 0.0515. The fourth-order valence-electron chi connectivity index (χ4n) is 4.79. The van der Waals surface area contributed by atoms with Gasteiger partial charge in [-0.25, -0.2) is 9.37 Å². The zero-order valence-corrected chi connectivity index (χ0v) is 18.2. The fourth-order valence-corrected chi connectivity index (χ4v) is 4.79. The minimum atomic E-state index is -0.474. The van der Waals surface area contributed by atoms with Gasteiger partial charge in [0.25, 0.3) is 0 Å². The summed E-state index contributed by atoms with van der Waals surface area (Å²) in [6.45, 7) is 11.3. The SMILES string of the molecule is CCN1CCN(C(C)(C)c2c(F)cnc3[nH]c4cnc(-c5cccnc5)cc4c23)CC1. The summed E-state index contributed by atoms with van der Waals surface area (Å²) in [5.74, 6) is -0.268. The van der Waals surface area contributed by atoms with Crippen molar-refractivity contribution in [2.45, 2.75) is 26.3 Å². The van der Waals surface area contributed by atoms with Gasteiger partial charge < -0.3 is 9.88 Å². The first-order valence-electron chi connectivity index (χ1n) is 10.8. The van der Waals surface area contributed by atoms with Gasteiger partial charge in [0.15, 0.2) is 0 Å². The van der Waals surface area contributed by atoms with E-state index in [0.717, 1.165) is 60.3 Å². The van der Waals surface area contributed by atoms with Crippen LogP contribution >= 0.6 is 0 Å². The fraction of sp³-hybridized carbons (Fsp3) is 0.375. The van der Waals surface area contributed by atoms with Crippen LogP contribution in [0.5, 0.6) is 0 Å². The number of piperazine rings is 1. The lowest BCUT2D eigenvalue weighted by Gasteiger charge is -2.44. The molecular weight excluding hydrogens is 391 g/mol. The van der Waals surface area contributed by atoms with Crippen molar-refractivity contribution in [3.8, 4) is 11.3 Å². The van der Waals surface area contributed by atoms with Gasteiger partial charge in [0.2, 0.25) is 0 Å². The Kier molecular flexibility index (Phi) is 4.95. The van der Waals surface area contributed by atoms with Gasteiger partial charge in [-0.15, -0.1) is 0 Å². The van der Waals surface area contributed by atoms with Gasteiger partial charge in [-0.3, -0.25) is 14.9 Å². The Labute approximate surface area is 181 Å². The molecule has 1 N–H and O–H groups in total. The number of hydrogen-bond acceptors (Lipinski definition) is 5. The first kappa shape index (κ1) is 20.0. The van der Waals surface area contributed by atoms with Crippen molar-refractivity contribution in [3.63, 3.8) is 0 Å². The highest BCUT2D eigenvalue weighted by Gasteiger charge is 2.36. The van der Waals surface area contributed by atoms with E-state index >= 15 is 4.39 Å². The van der Waals surface area contributed by atoms with Gasteiger partial charge in [0.05, 0.1) is 23.6 Å². The highest BCUT2D eigenvalue weighted by molar-refractivity contribution is 6.08. The van der Waals surface area contributed by atoms with Gasteiger partial charge in [0, 0.05) is 66.0 Å². The number of hydrogen-bond donors (Lipinski definition) is 1.